The predicted molar refractivity (Wildman–Crippen MR) is 120 cm³/mol. The highest BCUT2D eigenvalue weighted by atomic mass is 28.3. The van der Waals surface area contributed by atoms with Crippen molar-refractivity contribution in [3.8, 4) is 0 Å². The fourth-order valence-corrected chi connectivity index (χ4v) is 16.4. The van der Waals surface area contributed by atoms with Crippen molar-refractivity contribution in [3.63, 3.8) is 0 Å². The lowest BCUT2D eigenvalue weighted by molar-refractivity contribution is 0.262. The monoisotopic (exact) mass is 386 g/mol. The summed E-state index contributed by atoms with van der Waals surface area (Å²) in [5, 5.41) is 0. The van der Waals surface area contributed by atoms with Crippen LogP contribution in [-0.4, -0.2) is 8.07 Å². The van der Waals surface area contributed by atoms with Crippen LogP contribution in [0.3, 0.4) is 0 Å². The zero-order valence-corrected chi connectivity index (χ0v) is 19.3. The second-order valence-electron chi connectivity index (χ2n) is 12.0. The van der Waals surface area contributed by atoms with Gasteiger partial charge in [0.2, 0.25) is 0 Å². The van der Waals surface area contributed by atoms with E-state index in [-0.39, 0.29) is 0 Å². The maximum Gasteiger partial charge on any atom is 0.0572 e. The van der Waals surface area contributed by atoms with E-state index in [0.717, 1.165) is 17.8 Å². The van der Waals surface area contributed by atoms with Crippen molar-refractivity contribution in [1.29, 1.82) is 0 Å². The molecule has 0 saturated heterocycles. The third-order valence-corrected chi connectivity index (χ3v) is 17.1. The second-order valence-corrected chi connectivity index (χ2v) is 17.0. The molecule has 5 aliphatic rings. The first kappa shape index (κ1) is 19.2. The van der Waals surface area contributed by atoms with Gasteiger partial charge in [-0.25, -0.2) is 0 Å². The van der Waals surface area contributed by atoms with E-state index >= 15 is 0 Å². The first-order valence-electron chi connectivity index (χ1n) is 13.3. The van der Waals surface area contributed by atoms with Crippen LogP contribution >= 0.6 is 0 Å². The standard InChI is InChI=1S/C26H46Si/c1-27(19-18-20-8-2-3-9-20,25-16-14-21-10-4-6-12-23(21)25)26-17-15-22-11-5-7-13-24(22)26/h20-26H,2-19H2,1H3. The lowest BCUT2D eigenvalue weighted by Crippen LogP contribution is -2.46. The van der Waals surface area contributed by atoms with Crippen LogP contribution in [0.5, 0.6) is 0 Å². The summed E-state index contributed by atoms with van der Waals surface area (Å²) in [5.41, 5.74) is 2.46. The van der Waals surface area contributed by atoms with Crippen LogP contribution in [0.1, 0.15) is 109 Å². The Labute approximate surface area is 170 Å². The average molecular weight is 387 g/mol. The van der Waals surface area contributed by atoms with Gasteiger partial charge in [0.25, 0.3) is 0 Å². The van der Waals surface area contributed by atoms with Crippen molar-refractivity contribution in [2.45, 2.75) is 133 Å². The molecule has 0 aromatic rings. The van der Waals surface area contributed by atoms with Crippen LogP contribution in [0.4, 0.5) is 0 Å². The Hall–Kier alpha value is 0.217. The molecule has 5 saturated carbocycles. The molecule has 5 rings (SSSR count). The number of fused-ring (bicyclic) bond motifs is 2. The van der Waals surface area contributed by atoms with Gasteiger partial charge in [-0.15, -0.1) is 0 Å². The van der Waals surface area contributed by atoms with Crippen molar-refractivity contribution >= 4 is 8.07 Å². The molecular formula is C26H46Si. The van der Waals surface area contributed by atoms with Gasteiger partial charge < -0.3 is 0 Å². The lowest BCUT2D eigenvalue weighted by Gasteiger charge is -2.47. The maximum absolute atomic E-state index is 2.99. The summed E-state index contributed by atoms with van der Waals surface area (Å²) < 4.78 is 0. The largest absolute Gasteiger partial charge is 0.0687 e. The summed E-state index contributed by atoms with van der Waals surface area (Å²) in [7, 11) is -1.17. The highest BCUT2D eigenvalue weighted by molar-refractivity contribution is 6.81. The molecule has 0 spiro atoms. The fraction of sp³-hybridized carbons (Fsp3) is 1.00. The highest BCUT2D eigenvalue weighted by Gasteiger charge is 2.55. The first-order chi connectivity index (χ1) is 13.3. The van der Waals surface area contributed by atoms with Crippen molar-refractivity contribution in [1.82, 2.24) is 0 Å². The van der Waals surface area contributed by atoms with Crippen molar-refractivity contribution in [3.05, 3.63) is 0 Å². The van der Waals surface area contributed by atoms with Gasteiger partial charge in [-0.3, -0.25) is 0 Å². The van der Waals surface area contributed by atoms with E-state index in [0.29, 0.717) is 0 Å². The van der Waals surface area contributed by atoms with Gasteiger partial charge >= 0.3 is 0 Å². The Morgan fingerprint density at radius 3 is 1.59 bits per heavy atom. The number of hydrogen-bond donors (Lipinski definition) is 0. The SMILES string of the molecule is C[Si](CCC1CCCC1)(C1CCC2CCCCC21)C1CCC2CCCCC21. The Bertz CT molecular complexity index is 460. The minimum absolute atomic E-state index is 1.13. The van der Waals surface area contributed by atoms with Crippen LogP contribution in [0.25, 0.3) is 0 Å². The zero-order valence-electron chi connectivity index (χ0n) is 18.3. The third kappa shape index (κ3) is 3.61. The molecule has 0 heterocycles. The normalized spacial score (nSPS) is 44.8. The number of rotatable bonds is 5. The van der Waals surface area contributed by atoms with Crippen molar-refractivity contribution < 1.29 is 0 Å². The summed E-state index contributed by atoms with van der Waals surface area (Å²) in [6, 6.07) is 1.74. The summed E-state index contributed by atoms with van der Waals surface area (Å²) in [5.74, 6) is 5.81. The quantitative estimate of drug-likeness (QED) is 0.415. The second kappa shape index (κ2) is 8.15. The van der Waals surface area contributed by atoms with Gasteiger partial charge in [0.05, 0.1) is 8.07 Å². The molecule has 6 unspecified atom stereocenters. The predicted octanol–water partition coefficient (Wildman–Crippen LogP) is 8.59. The Morgan fingerprint density at radius 1 is 0.556 bits per heavy atom. The molecule has 154 valence electrons. The molecule has 0 aromatic heterocycles. The van der Waals surface area contributed by atoms with Crippen LogP contribution in [0.15, 0.2) is 0 Å². The van der Waals surface area contributed by atoms with Crippen LogP contribution in [0, 0.1) is 29.6 Å². The number of hydrogen-bond acceptors (Lipinski definition) is 0. The van der Waals surface area contributed by atoms with Crippen molar-refractivity contribution in [2.75, 3.05) is 0 Å². The van der Waals surface area contributed by atoms with E-state index in [1.807, 2.05) is 0 Å². The molecule has 5 fully saturated rings. The maximum atomic E-state index is 2.99. The van der Waals surface area contributed by atoms with E-state index in [1.165, 1.54) is 22.9 Å². The molecule has 0 aromatic carbocycles. The lowest BCUT2D eigenvalue weighted by atomic mass is 9.81. The van der Waals surface area contributed by atoms with Gasteiger partial charge in [-0.1, -0.05) is 122 Å². The molecule has 6 atom stereocenters. The minimum Gasteiger partial charge on any atom is -0.0687 e. The molecule has 0 nitrogen and oxygen atoms in total. The summed E-state index contributed by atoms with van der Waals surface area (Å²) in [6.45, 7) is 2.99. The summed E-state index contributed by atoms with van der Waals surface area (Å²) in [6.07, 6.45) is 27.2. The van der Waals surface area contributed by atoms with Crippen molar-refractivity contribution in [2.24, 2.45) is 29.6 Å². The molecule has 1 heteroatoms. The fourth-order valence-electron chi connectivity index (χ4n) is 9.56. The van der Waals surface area contributed by atoms with Gasteiger partial charge in [-0.2, -0.15) is 0 Å². The molecule has 0 aliphatic heterocycles. The highest BCUT2D eigenvalue weighted by Crippen LogP contribution is 2.63. The molecule has 0 amide bonds. The third-order valence-electron chi connectivity index (χ3n) is 10.9. The summed E-state index contributed by atoms with van der Waals surface area (Å²) >= 11 is 0. The molecule has 0 radical (unpaired) electrons. The summed E-state index contributed by atoms with van der Waals surface area (Å²) in [4.78, 5) is 0. The molecule has 0 bridgehead atoms. The molecule has 27 heavy (non-hydrogen) atoms. The first-order valence-corrected chi connectivity index (χ1v) is 16.1. The van der Waals surface area contributed by atoms with E-state index in [9.17, 15) is 0 Å². The van der Waals surface area contributed by atoms with Gasteiger partial charge in [-0.05, 0) is 40.7 Å². The van der Waals surface area contributed by atoms with Crippen LogP contribution < -0.4 is 0 Å². The van der Waals surface area contributed by atoms with Gasteiger partial charge in [0.15, 0.2) is 0 Å². The van der Waals surface area contributed by atoms with E-state index in [4.69, 9.17) is 0 Å². The van der Waals surface area contributed by atoms with Crippen LogP contribution in [-0.2, 0) is 0 Å². The smallest absolute Gasteiger partial charge is 0.0572 e. The van der Waals surface area contributed by atoms with Gasteiger partial charge in [0, 0.05) is 0 Å². The van der Waals surface area contributed by atoms with Crippen LogP contribution in [0.2, 0.25) is 23.7 Å². The Kier molecular flexibility index (Phi) is 5.80. The zero-order chi connectivity index (χ0) is 18.3. The van der Waals surface area contributed by atoms with E-state index in [2.05, 4.69) is 6.55 Å². The van der Waals surface area contributed by atoms with E-state index in [1.54, 1.807) is 115 Å². The Morgan fingerprint density at radius 2 is 1.04 bits per heavy atom. The molecule has 5 aliphatic carbocycles. The molecular weight excluding hydrogens is 340 g/mol. The minimum atomic E-state index is -1.17. The van der Waals surface area contributed by atoms with Gasteiger partial charge in [0.1, 0.15) is 0 Å². The average Bonchev–Trinajstić information content (AvgIpc) is 3.45. The Balaban J connectivity index is 1.38. The topological polar surface area (TPSA) is 0 Å². The van der Waals surface area contributed by atoms with E-state index < -0.39 is 8.07 Å². The molecule has 0 N–H and O–H groups in total.